The number of likely N-dealkylation sites (N-methyl/N-ethyl adjacent to an activating group) is 1. The first-order valence-electron chi connectivity index (χ1n) is 16.3. The van der Waals surface area contributed by atoms with Gasteiger partial charge in [-0.3, -0.25) is 19.2 Å². The number of ketones is 1. The van der Waals surface area contributed by atoms with Crippen molar-refractivity contribution in [2.24, 2.45) is 39.7 Å². The number of rotatable bonds is 12. The van der Waals surface area contributed by atoms with Crippen molar-refractivity contribution in [3.8, 4) is 0 Å². The summed E-state index contributed by atoms with van der Waals surface area (Å²) in [5.74, 6) is -2.32. The number of primary amides is 1. The Morgan fingerprint density at radius 1 is 0.956 bits per heavy atom. The monoisotopic (exact) mass is 650 g/mol. The maximum Gasteiger partial charge on any atom is 0.315 e. The first-order valence-corrected chi connectivity index (χ1v) is 17.8. The zero-order chi connectivity index (χ0) is 33.6. The Morgan fingerprint density at radius 2 is 1.58 bits per heavy atom. The highest BCUT2D eigenvalue weighted by atomic mass is 32.2. The molecule has 4 fully saturated rings. The van der Waals surface area contributed by atoms with Gasteiger partial charge < -0.3 is 26.6 Å². The fourth-order valence-corrected chi connectivity index (χ4v) is 7.65. The first-order chi connectivity index (χ1) is 20.7. The largest absolute Gasteiger partial charge is 0.363 e. The second-order valence-electron chi connectivity index (χ2n) is 16.1. The topological polar surface area (TPSA) is 171 Å². The molecule has 5 N–H and O–H groups in total. The van der Waals surface area contributed by atoms with Crippen molar-refractivity contribution >= 4 is 40.5 Å². The molecule has 0 aromatic rings. The fraction of sp³-hybridized carbons (Fsp3) is 0.844. The van der Waals surface area contributed by atoms with E-state index in [2.05, 4.69) is 16.0 Å². The van der Waals surface area contributed by atoms with Gasteiger partial charge in [-0.1, -0.05) is 54.4 Å². The van der Waals surface area contributed by atoms with Crippen LogP contribution in [0.4, 0.5) is 4.79 Å². The number of urea groups is 1. The van der Waals surface area contributed by atoms with Gasteiger partial charge in [0.2, 0.25) is 17.6 Å². The highest BCUT2D eigenvalue weighted by Gasteiger charge is 2.64. The zero-order valence-electron chi connectivity index (χ0n) is 28.2. The molecule has 1 spiro atoms. The molecule has 2 unspecified atom stereocenters. The van der Waals surface area contributed by atoms with Gasteiger partial charge in [0.25, 0.3) is 5.91 Å². The molecule has 1 saturated heterocycles. The van der Waals surface area contributed by atoms with Crippen LogP contribution in [-0.2, 0) is 30.2 Å². The van der Waals surface area contributed by atoms with Crippen molar-refractivity contribution < 1.29 is 28.2 Å². The molecule has 7 atom stereocenters. The van der Waals surface area contributed by atoms with Gasteiger partial charge in [-0.25, -0.2) is 13.3 Å². The quantitative estimate of drug-likeness (QED) is 0.234. The van der Waals surface area contributed by atoms with Crippen LogP contribution in [0.5, 0.6) is 0 Å². The third kappa shape index (κ3) is 8.07. The van der Waals surface area contributed by atoms with E-state index in [4.69, 9.17) is 5.73 Å². The molecule has 1 heterocycles. The molecule has 12 nitrogen and oxygen atoms in total. The summed E-state index contributed by atoms with van der Waals surface area (Å²) >= 11 is 0. The summed E-state index contributed by atoms with van der Waals surface area (Å²) in [6.07, 6.45) is 7.76. The Morgan fingerprint density at radius 3 is 2.07 bits per heavy atom. The normalized spacial score (nSPS) is 26.5. The third-order valence-electron chi connectivity index (χ3n) is 10.6. The van der Waals surface area contributed by atoms with E-state index >= 15 is 0 Å². The van der Waals surface area contributed by atoms with Crippen molar-refractivity contribution in [2.75, 3.05) is 26.4 Å². The Hall–Kier alpha value is -2.54. The van der Waals surface area contributed by atoms with Crippen LogP contribution in [0.15, 0.2) is 0 Å². The second-order valence-corrected chi connectivity index (χ2v) is 17.6. The van der Waals surface area contributed by atoms with E-state index in [-0.39, 0.29) is 40.5 Å². The first kappa shape index (κ1) is 35.3. The maximum atomic E-state index is 14.5. The van der Waals surface area contributed by atoms with Gasteiger partial charge in [-0.15, -0.1) is 0 Å². The van der Waals surface area contributed by atoms with Crippen molar-refractivity contribution in [2.45, 2.75) is 111 Å². The lowest BCUT2D eigenvalue weighted by Crippen LogP contribution is -2.62. The van der Waals surface area contributed by atoms with E-state index in [0.717, 1.165) is 38.5 Å². The molecule has 3 saturated carbocycles. The highest BCUT2D eigenvalue weighted by Crippen LogP contribution is 2.66. The SMILES string of the molecule is CN(C[C@@H](NC(=O)N[C@H](C(=O)N1C[C@H]2[C@H](CCC23CC3)[C@H]1C(=O)NC(CC1CC1)C(=O)C(N)=O)C(C)(C)C)C(C)(C)C)S(C)=O. The Balaban J connectivity index is 1.57. The van der Waals surface area contributed by atoms with Gasteiger partial charge in [-0.2, -0.15) is 0 Å². The van der Waals surface area contributed by atoms with Crippen LogP contribution in [-0.4, -0.2) is 93.5 Å². The molecule has 3 aliphatic carbocycles. The van der Waals surface area contributed by atoms with Crippen LogP contribution < -0.4 is 21.7 Å². The number of likely N-dealkylation sites (tertiary alicyclic amines) is 1. The van der Waals surface area contributed by atoms with Gasteiger partial charge >= 0.3 is 6.03 Å². The number of carbonyl (C=O) groups is 5. The molecule has 0 bridgehead atoms. The van der Waals surface area contributed by atoms with Gasteiger partial charge in [-0.05, 0) is 73.2 Å². The summed E-state index contributed by atoms with van der Waals surface area (Å²) in [7, 11) is 0.506. The van der Waals surface area contributed by atoms with Gasteiger partial charge in [0, 0.05) is 25.4 Å². The number of hydrogen-bond acceptors (Lipinski definition) is 6. The second kappa shape index (κ2) is 12.9. The highest BCUT2D eigenvalue weighted by molar-refractivity contribution is 7.81. The van der Waals surface area contributed by atoms with Crippen LogP contribution >= 0.6 is 0 Å². The minimum atomic E-state index is -1.22. The number of nitrogens with one attached hydrogen (secondary N) is 3. The molecule has 254 valence electrons. The predicted molar refractivity (Wildman–Crippen MR) is 172 cm³/mol. The number of Topliss-reactive ketones (excluding diaryl/α,β-unsaturated/α-hetero) is 1. The van der Waals surface area contributed by atoms with E-state index in [9.17, 15) is 28.2 Å². The Labute approximate surface area is 270 Å². The van der Waals surface area contributed by atoms with Gasteiger partial charge in [0.05, 0.1) is 17.0 Å². The summed E-state index contributed by atoms with van der Waals surface area (Å²) in [4.78, 5) is 68.2. The average molecular weight is 651 g/mol. The number of hydrogen-bond donors (Lipinski definition) is 4. The van der Waals surface area contributed by atoms with E-state index in [1.165, 1.54) is 0 Å². The van der Waals surface area contributed by atoms with Crippen LogP contribution in [0.3, 0.4) is 0 Å². The van der Waals surface area contributed by atoms with E-state index in [1.54, 1.807) is 22.5 Å². The van der Waals surface area contributed by atoms with Crippen molar-refractivity contribution in [1.29, 1.82) is 0 Å². The fourth-order valence-electron chi connectivity index (χ4n) is 7.29. The van der Waals surface area contributed by atoms with Crippen LogP contribution in [0.1, 0.15) is 86.5 Å². The molecule has 0 aromatic heterocycles. The maximum absolute atomic E-state index is 14.5. The molecular weight excluding hydrogens is 596 g/mol. The summed E-state index contributed by atoms with van der Waals surface area (Å²) in [5.41, 5.74) is 4.42. The summed E-state index contributed by atoms with van der Waals surface area (Å²) < 4.78 is 13.7. The standard InChI is InChI=1S/C32H54N6O6S/c1-30(2,3)22(17-37(7)45(8)44)35-29(43)36-25(31(4,5)6)28(42)38-16-20-19(11-12-32(20)13-14-32)23(38)27(41)34-21(15-18-9-10-18)24(39)26(33)40/h18-23,25H,9-17H2,1-8H3,(H2,33,40)(H,34,41)(H2,35,36,43)/t19-,20-,21?,22+,23-,25+,45?/m0/s1. The predicted octanol–water partition coefficient (Wildman–Crippen LogP) is 1.70. The molecular formula is C32H54N6O6S. The van der Waals surface area contributed by atoms with Crippen LogP contribution in [0, 0.1) is 34.0 Å². The van der Waals surface area contributed by atoms with Crippen LogP contribution in [0.25, 0.3) is 0 Å². The van der Waals surface area contributed by atoms with Crippen molar-refractivity contribution in [3.05, 3.63) is 0 Å². The lowest BCUT2D eigenvalue weighted by Gasteiger charge is -2.38. The van der Waals surface area contributed by atoms with Gasteiger partial charge in [0.1, 0.15) is 12.1 Å². The number of amides is 5. The minimum Gasteiger partial charge on any atom is -0.363 e. The lowest BCUT2D eigenvalue weighted by atomic mass is 9.85. The molecule has 5 amide bonds. The number of carbonyl (C=O) groups excluding carboxylic acids is 5. The number of nitrogens with two attached hydrogens (primary N) is 1. The lowest BCUT2D eigenvalue weighted by molar-refractivity contribution is -0.144. The molecule has 1 aliphatic heterocycles. The number of fused-ring (bicyclic) bond motifs is 2. The molecule has 0 aromatic carbocycles. The van der Waals surface area contributed by atoms with E-state index < -0.39 is 58.2 Å². The Bertz CT molecular complexity index is 1220. The molecule has 0 radical (unpaired) electrons. The van der Waals surface area contributed by atoms with E-state index in [0.29, 0.717) is 19.5 Å². The van der Waals surface area contributed by atoms with E-state index in [1.807, 2.05) is 41.5 Å². The Kier molecular flexibility index (Phi) is 10.1. The summed E-state index contributed by atoms with van der Waals surface area (Å²) in [5, 5.41) is 8.76. The average Bonchev–Trinajstić information content (AvgIpc) is 3.83. The smallest absolute Gasteiger partial charge is 0.315 e. The summed E-state index contributed by atoms with van der Waals surface area (Å²) in [6, 6.07) is -3.66. The van der Waals surface area contributed by atoms with Crippen molar-refractivity contribution in [3.63, 3.8) is 0 Å². The minimum absolute atomic E-state index is 0.0631. The van der Waals surface area contributed by atoms with Gasteiger partial charge in [0.15, 0.2) is 0 Å². The number of nitrogens with zero attached hydrogens (tertiary/aromatic N) is 2. The molecule has 4 aliphatic rings. The molecule has 45 heavy (non-hydrogen) atoms. The molecule has 4 rings (SSSR count). The zero-order valence-corrected chi connectivity index (χ0v) is 29.1. The third-order valence-corrected chi connectivity index (χ3v) is 11.6. The molecule has 13 heteroatoms. The van der Waals surface area contributed by atoms with Crippen LogP contribution in [0.2, 0.25) is 0 Å². The summed E-state index contributed by atoms with van der Waals surface area (Å²) in [6.45, 7) is 12.3. The van der Waals surface area contributed by atoms with Crippen molar-refractivity contribution in [1.82, 2.24) is 25.2 Å².